The molecule has 0 radical (unpaired) electrons. The monoisotopic (exact) mass is 350 g/mol. The van der Waals surface area contributed by atoms with Crippen molar-refractivity contribution in [1.82, 2.24) is 14.8 Å². The number of aromatic nitrogens is 3. The van der Waals surface area contributed by atoms with Crippen molar-refractivity contribution in [2.75, 3.05) is 17.1 Å². The molecule has 2 heterocycles. The number of aryl methyl sites for hydroxylation is 1. The molecule has 1 N–H and O–H groups in total. The van der Waals surface area contributed by atoms with Crippen molar-refractivity contribution >= 4 is 15.7 Å². The van der Waals surface area contributed by atoms with Crippen molar-refractivity contribution in [2.45, 2.75) is 38.8 Å². The molecule has 1 unspecified atom stereocenters. The third-order valence-corrected chi connectivity index (χ3v) is 5.41. The van der Waals surface area contributed by atoms with Gasteiger partial charge >= 0.3 is 0 Å². The molecule has 8 heteroatoms. The van der Waals surface area contributed by atoms with Crippen molar-refractivity contribution in [2.24, 2.45) is 0 Å². The van der Waals surface area contributed by atoms with Gasteiger partial charge in [0.2, 0.25) is 10.0 Å². The van der Waals surface area contributed by atoms with Gasteiger partial charge in [-0.25, -0.2) is 8.42 Å². The summed E-state index contributed by atoms with van der Waals surface area (Å²) in [5, 5.41) is 8.03. The molecule has 1 aromatic heterocycles. The molecule has 24 heavy (non-hydrogen) atoms. The number of para-hydroxylation sites is 1. The molecule has 1 saturated heterocycles. The Morgan fingerprint density at radius 2 is 2.17 bits per heavy atom. The van der Waals surface area contributed by atoms with E-state index in [-0.39, 0.29) is 11.9 Å². The molecule has 1 aromatic carbocycles. The minimum absolute atomic E-state index is 0.0260. The Balaban J connectivity index is 1.82. The molecule has 0 aliphatic carbocycles. The number of hydrogen-bond acceptors (Lipinski definition) is 5. The zero-order valence-electron chi connectivity index (χ0n) is 13.7. The van der Waals surface area contributed by atoms with E-state index in [4.69, 9.17) is 4.74 Å². The van der Waals surface area contributed by atoms with E-state index in [1.807, 2.05) is 23.6 Å². The number of sulfonamides is 1. The summed E-state index contributed by atoms with van der Waals surface area (Å²) in [5.74, 6) is 0.617. The Kier molecular flexibility index (Phi) is 5.15. The number of anilines is 1. The van der Waals surface area contributed by atoms with Crippen molar-refractivity contribution in [3.63, 3.8) is 0 Å². The Morgan fingerprint density at radius 3 is 2.92 bits per heavy atom. The molecule has 1 atom stereocenters. The lowest BCUT2D eigenvalue weighted by Crippen LogP contribution is -2.31. The van der Waals surface area contributed by atoms with Crippen LogP contribution in [0.25, 0.3) is 11.4 Å². The standard InChI is InChI=1S/C16H22N4O3S/c1-2-20-12-17-18-16(20)14-8-3-4-9-15(14)19-24(21,22)11-13-7-5-6-10-23-13/h3-4,8-9,12-13,19H,2,5-7,10-11H2,1H3. The minimum Gasteiger partial charge on any atom is -0.377 e. The van der Waals surface area contributed by atoms with Gasteiger partial charge in [-0.2, -0.15) is 0 Å². The molecular formula is C16H22N4O3S. The molecule has 1 aliphatic rings. The maximum atomic E-state index is 12.5. The molecule has 1 aliphatic heterocycles. The number of ether oxygens (including phenoxy) is 1. The number of rotatable bonds is 6. The van der Waals surface area contributed by atoms with E-state index in [2.05, 4.69) is 14.9 Å². The van der Waals surface area contributed by atoms with E-state index < -0.39 is 10.0 Å². The normalized spacial score (nSPS) is 18.5. The molecule has 0 spiro atoms. The first-order valence-corrected chi connectivity index (χ1v) is 9.83. The van der Waals surface area contributed by atoms with Crippen LogP contribution in [0.15, 0.2) is 30.6 Å². The predicted molar refractivity (Wildman–Crippen MR) is 92.1 cm³/mol. The van der Waals surface area contributed by atoms with Gasteiger partial charge in [-0.15, -0.1) is 10.2 Å². The van der Waals surface area contributed by atoms with Crippen LogP contribution in [0.1, 0.15) is 26.2 Å². The summed E-state index contributed by atoms with van der Waals surface area (Å²) < 4.78 is 35.1. The second-order valence-corrected chi connectivity index (χ2v) is 7.63. The zero-order valence-corrected chi connectivity index (χ0v) is 14.5. The Bertz CT molecular complexity index is 782. The van der Waals surface area contributed by atoms with Gasteiger partial charge in [0.25, 0.3) is 0 Å². The molecule has 2 aromatic rings. The van der Waals surface area contributed by atoms with Crippen LogP contribution >= 0.6 is 0 Å². The topological polar surface area (TPSA) is 86.1 Å². The number of benzene rings is 1. The molecule has 3 rings (SSSR count). The van der Waals surface area contributed by atoms with Crippen molar-refractivity contribution in [1.29, 1.82) is 0 Å². The van der Waals surface area contributed by atoms with E-state index in [0.717, 1.165) is 19.3 Å². The van der Waals surface area contributed by atoms with Crippen LogP contribution in [0, 0.1) is 0 Å². The maximum Gasteiger partial charge on any atom is 0.235 e. The van der Waals surface area contributed by atoms with Crippen LogP contribution in [-0.4, -0.2) is 41.6 Å². The van der Waals surface area contributed by atoms with Crippen LogP contribution in [0.5, 0.6) is 0 Å². The molecule has 7 nitrogen and oxygen atoms in total. The molecule has 0 amide bonds. The van der Waals surface area contributed by atoms with E-state index in [1.165, 1.54) is 0 Å². The van der Waals surface area contributed by atoms with Gasteiger partial charge in [0.15, 0.2) is 5.82 Å². The highest BCUT2D eigenvalue weighted by Gasteiger charge is 2.23. The van der Waals surface area contributed by atoms with Crippen LogP contribution < -0.4 is 4.72 Å². The first-order chi connectivity index (χ1) is 11.6. The fraction of sp³-hybridized carbons (Fsp3) is 0.500. The minimum atomic E-state index is -3.50. The SMILES string of the molecule is CCn1cnnc1-c1ccccc1NS(=O)(=O)CC1CCCCO1. The third kappa shape index (κ3) is 3.93. The summed E-state index contributed by atoms with van der Waals surface area (Å²) in [6.07, 6.45) is 4.20. The van der Waals surface area contributed by atoms with E-state index >= 15 is 0 Å². The quantitative estimate of drug-likeness (QED) is 0.864. The van der Waals surface area contributed by atoms with Crippen LogP contribution in [0.2, 0.25) is 0 Å². The highest BCUT2D eigenvalue weighted by Crippen LogP contribution is 2.27. The lowest BCUT2D eigenvalue weighted by atomic mass is 10.1. The summed E-state index contributed by atoms with van der Waals surface area (Å²) >= 11 is 0. The molecule has 0 bridgehead atoms. The lowest BCUT2D eigenvalue weighted by Gasteiger charge is -2.23. The highest BCUT2D eigenvalue weighted by molar-refractivity contribution is 7.92. The van der Waals surface area contributed by atoms with E-state index in [0.29, 0.717) is 30.2 Å². The zero-order chi connectivity index (χ0) is 17.0. The van der Waals surface area contributed by atoms with Gasteiger partial charge in [-0.05, 0) is 38.3 Å². The lowest BCUT2D eigenvalue weighted by molar-refractivity contribution is 0.0306. The molecule has 130 valence electrons. The fourth-order valence-corrected chi connectivity index (χ4v) is 4.20. The summed E-state index contributed by atoms with van der Waals surface area (Å²) in [6, 6.07) is 7.23. The molecule has 0 saturated carbocycles. The summed E-state index contributed by atoms with van der Waals surface area (Å²) in [7, 11) is -3.50. The van der Waals surface area contributed by atoms with E-state index in [9.17, 15) is 8.42 Å². The van der Waals surface area contributed by atoms with Gasteiger partial charge in [-0.1, -0.05) is 12.1 Å². The van der Waals surface area contributed by atoms with Crippen LogP contribution in [0.3, 0.4) is 0 Å². The summed E-state index contributed by atoms with van der Waals surface area (Å²) in [6.45, 7) is 3.33. The first-order valence-electron chi connectivity index (χ1n) is 8.18. The average molecular weight is 350 g/mol. The highest BCUT2D eigenvalue weighted by atomic mass is 32.2. The van der Waals surface area contributed by atoms with Gasteiger partial charge in [-0.3, -0.25) is 4.72 Å². The third-order valence-electron chi connectivity index (χ3n) is 4.07. The van der Waals surface area contributed by atoms with Crippen LogP contribution in [0.4, 0.5) is 5.69 Å². The van der Waals surface area contributed by atoms with Gasteiger partial charge in [0, 0.05) is 18.7 Å². The smallest absolute Gasteiger partial charge is 0.235 e. The Labute approximate surface area is 142 Å². The Morgan fingerprint density at radius 1 is 1.33 bits per heavy atom. The van der Waals surface area contributed by atoms with Gasteiger partial charge < -0.3 is 9.30 Å². The second-order valence-electron chi connectivity index (χ2n) is 5.86. The predicted octanol–water partition coefficient (Wildman–Crippen LogP) is 2.28. The largest absolute Gasteiger partial charge is 0.377 e. The van der Waals surface area contributed by atoms with E-state index in [1.54, 1.807) is 18.5 Å². The summed E-state index contributed by atoms with van der Waals surface area (Å²) in [4.78, 5) is 0. The van der Waals surface area contributed by atoms with Crippen LogP contribution in [-0.2, 0) is 21.3 Å². The second kappa shape index (κ2) is 7.31. The number of hydrogen-bond donors (Lipinski definition) is 1. The first kappa shape index (κ1) is 16.9. The van der Waals surface area contributed by atoms with Crippen molar-refractivity contribution in [3.05, 3.63) is 30.6 Å². The van der Waals surface area contributed by atoms with Crippen molar-refractivity contribution < 1.29 is 13.2 Å². The molecule has 1 fully saturated rings. The number of nitrogens with zero attached hydrogens (tertiary/aromatic N) is 3. The fourth-order valence-electron chi connectivity index (χ4n) is 2.85. The Hall–Kier alpha value is -1.93. The maximum absolute atomic E-state index is 12.5. The van der Waals surface area contributed by atoms with Gasteiger partial charge in [0.1, 0.15) is 6.33 Å². The molecular weight excluding hydrogens is 328 g/mol. The van der Waals surface area contributed by atoms with Gasteiger partial charge in [0.05, 0.1) is 17.5 Å². The number of nitrogens with one attached hydrogen (secondary N) is 1. The average Bonchev–Trinajstić information content (AvgIpc) is 3.04. The van der Waals surface area contributed by atoms with Crippen molar-refractivity contribution in [3.8, 4) is 11.4 Å². The summed E-state index contributed by atoms with van der Waals surface area (Å²) in [5.41, 5.74) is 1.22.